The van der Waals surface area contributed by atoms with Gasteiger partial charge in [-0.15, -0.1) is 0 Å². The summed E-state index contributed by atoms with van der Waals surface area (Å²) < 4.78 is 2.06. The largest absolute Gasteiger partial charge is 0.299 e. The van der Waals surface area contributed by atoms with Gasteiger partial charge in [0.25, 0.3) is 0 Å². The van der Waals surface area contributed by atoms with Crippen molar-refractivity contribution in [2.24, 2.45) is 5.92 Å². The summed E-state index contributed by atoms with van der Waals surface area (Å²) in [6.45, 7) is 6.62. The van der Waals surface area contributed by atoms with E-state index < -0.39 is 0 Å². The molecule has 0 spiro atoms. The quantitative estimate of drug-likeness (QED) is 0.888. The first kappa shape index (κ1) is 14.3. The smallest absolute Gasteiger partial charge is 0.0534 e. The second-order valence-electron chi connectivity index (χ2n) is 6.14. The van der Waals surface area contributed by atoms with Crippen molar-refractivity contribution in [2.75, 3.05) is 13.1 Å². The van der Waals surface area contributed by atoms with Crippen molar-refractivity contribution < 1.29 is 0 Å². The summed E-state index contributed by atoms with van der Waals surface area (Å²) in [5, 5.41) is 11.6. The van der Waals surface area contributed by atoms with Crippen LogP contribution in [0.15, 0.2) is 24.7 Å². The van der Waals surface area contributed by atoms with Gasteiger partial charge in [-0.2, -0.15) is 10.2 Å². The average molecular weight is 287 g/mol. The molecule has 5 nitrogen and oxygen atoms in total. The van der Waals surface area contributed by atoms with E-state index in [9.17, 15) is 0 Å². The van der Waals surface area contributed by atoms with Crippen molar-refractivity contribution in [3.8, 4) is 0 Å². The number of aromatic amines is 1. The van der Waals surface area contributed by atoms with E-state index in [1.807, 2.05) is 12.4 Å². The first-order valence-electron chi connectivity index (χ1n) is 8.05. The Labute approximate surface area is 126 Å². The van der Waals surface area contributed by atoms with Gasteiger partial charge in [-0.1, -0.05) is 6.92 Å². The Bertz CT molecular complexity index is 531. The van der Waals surface area contributed by atoms with Gasteiger partial charge in [-0.25, -0.2) is 0 Å². The van der Waals surface area contributed by atoms with Gasteiger partial charge in [-0.05, 0) is 44.2 Å². The second-order valence-corrected chi connectivity index (χ2v) is 6.14. The number of piperidine rings is 1. The van der Waals surface area contributed by atoms with E-state index in [1.165, 1.54) is 37.2 Å². The molecule has 0 bridgehead atoms. The molecule has 1 aliphatic heterocycles. The zero-order valence-corrected chi connectivity index (χ0v) is 12.8. The van der Waals surface area contributed by atoms with Crippen LogP contribution in [-0.2, 0) is 19.5 Å². The Balaban J connectivity index is 1.53. The summed E-state index contributed by atoms with van der Waals surface area (Å²) in [6.07, 6.45) is 10.9. The minimum Gasteiger partial charge on any atom is -0.299 e. The molecule has 3 rings (SSSR count). The highest BCUT2D eigenvalue weighted by Gasteiger charge is 2.21. The number of aryl methyl sites for hydroxylation is 1. The van der Waals surface area contributed by atoms with E-state index in [1.54, 1.807) is 0 Å². The lowest BCUT2D eigenvalue weighted by molar-refractivity contribution is 0.166. The highest BCUT2D eigenvalue weighted by atomic mass is 15.3. The van der Waals surface area contributed by atoms with Crippen LogP contribution in [-0.4, -0.2) is 38.0 Å². The third-order valence-electron chi connectivity index (χ3n) is 4.22. The van der Waals surface area contributed by atoms with Crippen LogP contribution in [0.5, 0.6) is 0 Å². The molecule has 0 radical (unpaired) electrons. The highest BCUT2D eigenvalue weighted by molar-refractivity contribution is 5.04. The minimum atomic E-state index is 0.741. The number of aromatic nitrogens is 4. The Morgan fingerprint density at radius 3 is 3.19 bits per heavy atom. The highest BCUT2D eigenvalue weighted by Crippen LogP contribution is 2.21. The van der Waals surface area contributed by atoms with E-state index >= 15 is 0 Å². The molecule has 0 aliphatic carbocycles. The maximum Gasteiger partial charge on any atom is 0.0534 e. The lowest BCUT2D eigenvalue weighted by atomic mass is 9.93. The second kappa shape index (κ2) is 6.89. The third kappa shape index (κ3) is 3.94. The summed E-state index contributed by atoms with van der Waals surface area (Å²) in [7, 11) is 0. The van der Waals surface area contributed by atoms with E-state index in [0.717, 1.165) is 31.8 Å². The van der Waals surface area contributed by atoms with Gasteiger partial charge in [0.1, 0.15) is 0 Å². The monoisotopic (exact) mass is 287 g/mol. The number of rotatable bonds is 6. The summed E-state index contributed by atoms with van der Waals surface area (Å²) in [6, 6.07) is 2.09. The van der Waals surface area contributed by atoms with Crippen molar-refractivity contribution in [3.63, 3.8) is 0 Å². The molecule has 1 atom stereocenters. The third-order valence-corrected chi connectivity index (χ3v) is 4.22. The fraction of sp³-hybridized carbons (Fsp3) is 0.625. The van der Waals surface area contributed by atoms with Crippen molar-refractivity contribution >= 4 is 0 Å². The maximum atomic E-state index is 4.43. The summed E-state index contributed by atoms with van der Waals surface area (Å²) in [5.74, 6) is 0.741. The van der Waals surface area contributed by atoms with Crippen LogP contribution >= 0.6 is 0 Å². The van der Waals surface area contributed by atoms with Gasteiger partial charge < -0.3 is 0 Å². The maximum absolute atomic E-state index is 4.43. The zero-order chi connectivity index (χ0) is 14.5. The van der Waals surface area contributed by atoms with E-state index in [2.05, 4.69) is 44.1 Å². The minimum absolute atomic E-state index is 0.741. The normalized spacial score (nSPS) is 20.0. The van der Waals surface area contributed by atoms with Gasteiger partial charge in [0, 0.05) is 43.3 Å². The van der Waals surface area contributed by atoms with Crippen molar-refractivity contribution in [2.45, 2.75) is 45.7 Å². The Morgan fingerprint density at radius 1 is 1.43 bits per heavy atom. The van der Waals surface area contributed by atoms with Crippen molar-refractivity contribution in [1.82, 2.24) is 24.9 Å². The Morgan fingerprint density at radius 2 is 2.38 bits per heavy atom. The number of nitrogens with zero attached hydrogens (tertiary/aromatic N) is 4. The molecule has 2 aromatic heterocycles. The van der Waals surface area contributed by atoms with Crippen molar-refractivity contribution in [3.05, 3.63) is 35.9 Å². The van der Waals surface area contributed by atoms with Gasteiger partial charge in [-0.3, -0.25) is 14.7 Å². The number of likely N-dealkylation sites (tertiary alicyclic amines) is 1. The van der Waals surface area contributed by atoms with Gasteiger partial charge in [0.05, 0.1) is 6.20 Å². The molecule has 21 heavy (non-hydrogen) atoms. The molecule has 0 saturated carbocycles. The predicted molar refractivity (Wildman–Crippen MR) is 82.8 cm³/mol. The number of hydrogen-bond donors (Lipinski definition) is 1. The van der Waals surface area contributed by atoms with E-state index in [4.69, 9.17) is 0 Å². The predicted octanol–water partition coefficient (Wildman–Crippen LogP) is 2.47. The van der Waals surface area contributed by atoms with Crippen LogP contribution in [0.25, 0.3) is 0 Å². The molecule has 1 N–H and O–H groups in total. The standard InChI is InChI=1S/C16H25N5/c1-2-7-21-13-15(10-18-21)12-20-8-3-4-14(11-20)9-16-5-6-17-19-16/h5-6,10,13-14H,2-4,7-9,11-12H2,1H3,(H,17,19)/t14-/m1/s1. The van der Waals surface area contributed by atoms with Crippen LogP contribution in [0.4, 0.5) is 0 Å². The number of H-pyrrole nitrogens is 1. The molecule has 0 unspecified atom stereocenters. The lowest BCUT2D eigenvalue weighted by Crippen LogP contribution is -2.35. The molecule has 2 aromatic rings. The average Bonchev–Trinajstić information content (AvgIpc) is 3.12. The lowest BCUT2D eigenvalue weighted by Gasteiger charge is -2.32. The summed E-state index contributed by atoms with van der Waals surface area (Å²) >= 11 is 0. The molecular formula is C16H25N5. The molecular weight excluding hydrogens is 262 g/mol. The molecule has 5 heteroatoms. The number of nitrogens with one attached hydrogen (secondary N) is 1. The molecule has 0 amide bonds. The molecule has 3 heterocycles. The fourth-order valence-electron chi connectivity index (χ4n) is 3.27. The van der Waals surface area contributed by atoms with Gasteiger partial charge in [0.2, 0.25) is 0 Å². The summed E-state index contributed by atoms with van der Waals surface area (Å²) in [5.41, 5.74) is 2.60. The van der Waals surface area contributed by atoms with E-state index in [0.29, 0.717) is 0 Å². The summed E-state index contributed by atoms with van der Waals surface area (Å²) in [4.78, 5) is 2.57. The van der Waals surface area contributed by atoms with Crippen LogP contribution < -0.4 is 0 Å². The van der Waals surface area contributed by atoms with Gasteiger partial charge in [0.15, 0.2) is 0 Å². The zero-order valence-electron chi connectivity index (χ0n) is 12.8. The first-order chi connectivity index (χ1) is 10.3. The molecule has 1 saturated heterocycles. The number of hydrogen-bond acceptors (Lipinski definition) is 3. The van der Waals surface area contributed by atoms with Gasteiger partial charge >= 0.3 is 0 Å². The van der Waals surface area contributed by atoms with Crippen LogP contribution in [0.3, 0.4) is 0 Å². The first-order valence-corrected chi connectivity index (χ1v) is 8.05. The van der Waals surface area contributed by atoms with Crippen molar-refractivity contribution in [1.29, 1.82) is 0 Å². The van der Waals surface area contributed by atoms with Crippen LogP contribution in [0.2, 0.25) is 0 Å². The van der Waals surface area contributed by atoms with Crippen LogP contribution in [0, 0.1) is 5.92 Å². The Hall–Kier alpha value is -1.62. The molecule has 114 valence electrons. The van der Waals surface area contributed by atoms with E-state index in [-0.39, 0.29) is 0 Å². The topological polar surface area (TPSA) is 49.7 Å². The van der Waals surface area contributed by atoms with Crippen LogP contribution in [0.1, 0.15) is 37.4 Å². The molecule has 0 aromatic carbocycles. The molecule has 1 aliphatic rings. The molecule has 1 fully saturated rings. The Kier molecular flexibility index (Phi) is 4.70. The fourth-order valence-corrected chi connectivity index (χ4v) is 3.27. The SMILES string of the molecule is CCCn1cc(CN2CCC[C@H](Cc3ccn[nH]3)C2)cn1.